The van der Waals surface area contributed by atoms with Gasteiger partial charge in [0, 0.05) is 17.2 Å². The zero-order chi connectivity index (χ0) is 16.2. The molecule has 1 aliphatic carbocycles. The maximum atomic E-state index is 12.0. The van der Waals surface area contributed by atoms with Crippen LogP contribution < -0.4 is 5.32 Å². The van der Waals surface area contributed by atoms with Crippen molar-refractivity contribution < 1.29 is 4.79 Å². The van der Waals surface area contributed by atoms with E-state index in [1.54, 1.807) is 12.3 Å². The first-order chi connectivity index (χ1) is 11.2. The minimum Gasteiger partial charge on any atom is -0.349 e. The minimum absolute atomic E-state index is 0.102. The van der Waals surface area contributed by atoms with Crippen LogP contribution >= 0.6 is 0 Å². The normalized spacial score (nSPS) is 14.3. The lowest BCUT2D eigenvalue weighted by molar-refractivity contribution is -0.117. The van der Waals surface area contributed by atoms with Crippen LogP contribution in [0.3, 0.4) is 0 Å². The molecule has 0 saturated heterocycles. The van der Waals surface area contributed by atoms with Crippen LogP contribution in [0.25, 0.3) is 17.3 Å². The van der Waals surface area contributed by atoms with Crippen LogP contribution in [0.1, 0.15) is 30.9 Å². The van der Waals surface area contributed by atoms with Crippen LogP contribution in [0.4, 0.5) is 0 Å². The fraction of sp³-hybridized carbons (Fsp3) is 0.278. The van der Waals surface area contributed by atoms with Crippen molar-refractivity contribution in [2.75, 3.05) is 0 Å². The number of carbonyl (C=O) groups excluding carboxylic acids is 1. The predicted molar refractivity (Wildman–Crippen MR) is 88.2 cm³/mol. The number of nitrogens with one attached hydrogen (secondary N) is 2. The monoisotopic (exact) mass is 306 g/mol. The van der Waals surface area contributed by atoms with Crippen LogP contribution in [0.15, 0.2) is 36.0 Å². The van der Waals surface area contributed by atoms with E-state index in [9.17, 15) is 10.1 Å². The third-order valence-corrected chi connectivity index (χ3v) is 3.90. The van der Waals surface area contributed by atoms with Crippen molar-refractivity contribution in [3.8, 4) is 17.3 Å². The highest BCUT2D eigenvalue weighted by molar-refractivity contribution is 6.02. The van der Waals surface area contributed by atoms with Crippen molar-refractivity contribution in [1.82, 2.24) is 15.5 Å². The van der Waals surface area contributed by atoms with Gasteiger partial charge in [-0.05, 0) is 30.9 Å². The molecule has 5 nitrogen and oxygen atoms in total. The van der Waals surface area contributed by atoms with Gasteiger partial charge in [0.2, 0.25) is 0 Å². The highest BCUT2D eigenvalue weighted by Crippen LogP contribution is 2.24. The van der Waals surface area contributed by atoms with Gasteiger partial charge in [-0.25, -0.2) is 0 Å². The fourth-order valence-corrected chi connectivity index (χ4v) is 2.34. The third-order valence-electron chi connectivity index (χ3n) is 3.90. The SMILES string of the molecule is CCc1ccc(-c2[nH]ncc2/C=C(/C#N)C(=O)NC2CC2)cc1. The summed E-state index contributed by atoms with van der Waals surface area (Å²) in [7, 11) is 0. The van der Waals surface area contributed by atoms with Gasteiger partial charge >= 0.3 is 0 Å². The molecule has 2 N–H and O–H groups in total. The molecule has 0 bridgehead atoms. The molecule has 0 unspecified atom stereocenters. The number of hydrogen-bond acceptors (Lipinski definition) is 3. The number of hydrogen-bond donors (Lipinski definition) is 2. The number of nitrogens with zero attached hydrogens (tertiary/aromatic N) is 2. The summed E-state index contributed by atoms with van der Waals surface area (Å²) in [5.41, 5.74) is 3.87. The molecule has 0 atom stereocenters. The van der Waals surface area contributed by atoms with Crippen LogP contribution in [-0.2, 0) is 11.2 Å². The Balaban J connectivity index is 1.88. The summed E-state index contributed by atoms with van der Waals surface area (Å²) >= 11 is 0. The van der Waals surface area contributed by atoms with Crippen LogP contribution in [-0.4, -0.2) is 22.1 Å². The van der Waals surface area contributed by atoms with E-state index in [0.717, 1.165) is 36.1 Å². The van der Waals surface area contributed by atoms with Gasteiger partial charge in [-0.15, -0.1) is 0 Å². The third kappa shape index (κ3) is 3.49. The Bertz CT molecular complexity index is 776. The van der Waals surface area contributed by atoms with E-state index >= 15 is 0 Å². The van der Waals surface area contributed by atoms with E-state index in [1.165, 1.54) is 5.56 Å². The highest BCUT2D eigenvalue weighted by Gasteiger charge is 2.24. The predicted octanol–water partition coefficient (Wildman–Crippen LogP) is 2.82. The summed E-state index contributed by atoms with van der Waals surface area (Å²) in [6.07, 6.45) is 6.18. The maximum absolute atomic E-state index is 12.0. The highest BCUT2D eigenvalue weighted by atomic mass is 16.1. The van der Waals surface area contributed by atoms with Gasteiger partial charge in [-0.1, -0.05) is 31.2 Å². The molecule has 1 amide bonds. The quantitative estimate of drug-likeness (QED) is 0.658. The number of rotatable bonds is 5. The van der Waals surface area contributed by atoms with Crippen LogP contribution in [0.5, 0.6) is 0 Å². The molecule has 1 saturated carbocycles. The fourth-order valence-electron chi connectivity index (χ4n) is 2.34. The van der Waals surface area contributed by atoms with E-state index in [2.05, 4.69) is 34.6 Å². The number of aryl methyl sites for hydroxylation is 1. The van der Waals surface area contributed by atoms with Crippen molar-refractivity contribution >= 4 is 12.0 Å². The van der Waals surface area contributed by atoms with Crippen molar-refractivity contribution in [3.63, 3.8) is 0 Å². The van der Waals surface area contributed by atoms with Gasteiger partial charge in [-0.3, -0.25) is 9.89 Å². The summed E-state index contributed by atoms with van der Waals surface area (Å²) in [6.45, 7) is 2.11. The molecule has 3 rings (SSSR count). The van der Waals surface area contributed by atoms with E-state index in [1.807, 2.05) is 18.2 Å². The number of benzene rings is 1. The smallest absolute Gasteiger partial charge is 0.262 e. The lowest BCUT2D eigenvalue weighted by Crippen LogP contribution is -2.26. The number of nitriles is 1. The Morgan fingerprint density at radius 3 is 2.78 bits per heavy atom. The molecular weight excluding hydrogens is 288 g/mol. The second-order valence-electron chi connectivity index (χ2n) is 5.67. The lowest BCUT2D eigenvalue weighted by atomic mass is 10.0. The summed E-state index contributed by atoms with van der Waals surface area (Å²) in [4.78, 5) is 12.0. The molecule has 1 aromatic carbocycles. The maximum Gasteiger partial charge on any atom is 0.262 e. The Kier molecular flexibility index (Phi) is 4.24. The van der Waals surface area contributed by atoms with Crippen molar-refractivity contribution in [3.05, 3.63) is 47.2 Å². The first-order valence-electron chi connectivity index (χ1n) is 7.76. The van der Waals surface area contributed by atoms with Crippen LogP contribution in [0.2, 0.25) is 0 Å². The molecular formula is C18H18N4O. The molecule has 0 aliphatic heterocycles. The molecule has 2 aromatic rings. The Morgan fingerprint density at radius 2 is 2.17 bits per heavy atom. The number of carbonyl (C=O) groups is 1. The van der Waals surface area contributed by atoms with E-state index < -0.39 is 0 Å². The van der Waals surface area contributed by atoms with Gasteiger partial charge in [0.25, 0.3) is 5.91 Å². The summed E-state index contributed by atoms with van der Waals surface area (Å²) in [5, 5.41) is 19.1. The van der Waals surface area contributed by atoms with Crippen molar-refractivity contribution in [2.45, 2.75) is 32.2 Å². The Labute approximate surface area is 135 Å². The average Bonchev–Trinajstić information content (AvgIpc) is 3.27. The first kappa shape index (κ1) is 15.0. The van der Waals surface area contributed by atoms with Gasteiger partial charge in [0.1, 0.15) is 11.6 Å². The second kappa shape index (κ2) is 6.49. The van der Waals surface area contributed by atoms with E-state index in [0.29, 0.717) is 0 Å². The number of amides is 1. The van der Waals surface area contributed by atoms with Crippen molar-refractivity contribution in [1.29, 1.82) is 5.26 Å². The van der Waals surface area contributed by atoms with E-state index in [4.69, 9.17) is 0 Å². The molecule has 0 radical (unpaired) electrons. The van der Waals surface area contributed by atoms with Gasteiger partial charge in [-0.2, -0.15) is 10.4 Å². The molecule has 1 aliphatic rings. The Morgan fingerprint density at radius 1 is 1.43 bits per heavy atom. The molecule has 23 heavy (non-hydrogen) atoms. The zero-order valence-electron chi connectivity index (χ0n) is 13.0. The first-order valence-corrected chi connectivity index (χ1v) is 7.76. The van der Waals surface area contributed by atoms with E-state index in [-0.39, 0.29) is 17.5 Å². The lowest BCUT2D eigenvalue weighted by Gasteiger charge is -2.03. The van der Waals surface area contributed by atoms with Crippen molar-refractivity contribution in [2.24, 2.45) is 0 Å². The summed E-state index contributed by atoms with van der Waals surface area (Å²) in [6, 6.07) is 10.4. The second-order valence-corrected chi connectivity index (χ2v) is 5.67. The molecule has 116 valence electrons. The minimum atomic E-state index is -0.316. The zero-order valence-corrected chi connectivity index (χ0v) is 13.0. The number of aromatic nitrogens is 2. The number of aromatic amines is 1. The standard InChI is InChI=1S/C18H18N4O/c1-2-12-3-5-13(6-4-12)17-15(11-20-22-17)9-14(10-19)18(23)21-16-7-8-16/h3-6,9,11,16H,2,7-8H2,1H3,(H,20,22)(H,21,23)/b14-9-. The molecule has 1 heterocycles. The van der Waals surface area contributed by atoms with Crippen LogP contribution in [0, 0.1) is 11.3 Å². The largest absolute Gasteiger partial charge is 0.349 e. The topological polar surface area (TPSA) is 81.6 Å². The molecule has 1 fully saturated rings. The molecule has 1 aromatic heterocycles. The Hall–Kier alpha value is -2.87. The summed E-state index contributed by atoms with van der Waals surface area (Å²) in [5.74, 6) is -0.316. The molecule has 0 spiro atoms. The van der Waals surface area contributed by atoms with Gasteiger partial charge < -0.3 is 5.32 Å². The number of H-pyrrole nitrogens is 1. The summed E-state index contributed by atoms with van der Waals surface area (Å²) < 4.78 is 0. The van der Waals surface area contributed by atoms with Gasteiger partial charge in [0.15, 0.2) is 0 Å². The average molecular weight is 306 g/mol. The molecule has 5 heteroatoms. The van der Waals surface area contributed by atoms with Gasteiger partial charge in [0.05, 0.1) is 11.9 Å².